The summed E-state index contributed by atoms with van der Waals surface area (Å²) in [6.07, 6.45) is 4.07. The van der Waals surface area contributed by atoms with E-state index in [9.17, 15) is 4.79 Å². The number of nitrogens with two attached hydrogens (primary N) is 1. The van der Waals surface area contributed by atoms with Crippen LogP contribution in [0.5, 0.6) is 11.5 Å². The van der Waals surface area contributed by atoms with Gasteiger partial charge in [-0.1, -0.05) is 29.1 Å². The lowest BCUT2D eigenvalue weighted by Gasteiger charge is -2.09. The number of hydrogen-bond donors (Lipinski definition) is 1. The Bertz CT molecular complexity index is 431. The van der Waals surface area contributed by atoms with Crippen LogP contribution in [0.2, 0.25) is 10.0 Å². The molecule has 0 fully saturated rings. The Morgan fingerprint density at radius 2 is 2.00 bits per heavy atom. The second-order valence-electron chi connectivity index (χ2n) is 2.63. The van der Waals surface area contributed by atoms with E-state index in [2.05, 4.69) is 10.7 Å². The smallest absolute Gasteiger partial charge is 0.409 e. The summed E-state index contributed by atoms with van der Waals surface area (Å²) in [5.41, 5.74) is 4.84. The van der Waals surface area contributed by atoms with Crippen LogP contribution in [0.1, 0.15) is 0 Å². The van der Waals surface area contributed by atoms with Gasteiger partial charge in [-0.3, -0.25) is 0 Å². The number of rotatable bonds is 3. The molecule has 0 unspecified atom stereocenters. The van der Waals surface area contributed by atoms with E-state index in [1.807, 2.05) is 0 Å². The van der Waals surface area contributed by atoms with Crippen LogP contribution in [0.15, 0.2) is 12.1 Å². The first-order valence-electron chi connectivity index (χ1n) is 4.07. The van der Waals surface area contributed by atoms with Crippen LogP contribution in [0, 0.1) is 12.3 Å². The van der Waals surface area contributed by atoms with Gasteiger partial charge in [-0.25, -0.2) is 4.79 Å². The van der Waals surface area contributed by atoms with Crippen LogP contribution in [0.3, 0.4) is 0 Å². The first-order chi connectivity index (χ1) is 7.54. The molecule has 0 heterocycles. The highest BCUT2D eigenvalue weighted by molar-refractivity contribution is 6.37. The SMILES string of the molecule is C#CCOc1c(Cl)cc(OC(N)=O)cc1Cl. The summed E-state index contributed by atoms with van der Waals surface area (Å²) in [5, 5.41) is 0.359. The van der Waals surface area contributed by atoms with E-state index in [1.54, 1.807) is 0 Å². The summed E-state index contributed by atoms with van der Waals surface area (Å²) in [6, 6.07) is 2.70. The van der Waals surface area contributed by atoms with E-state index in [0.717, 1.165) is 0 Å². The zero-order chi connectivity index (χ0) is 12.1. The highest BCUT2D eigenvalue weighted by Crippen LogP contribution is 2.36. The Morgan fingerprint density at radius 3 is 2.44 bits per heavy atom. The molecule has 0 aromatic heterocycles. The third-order valence-electron chi connectivity index (χ3n) is 1.49. The first-order valence-corrected chi connectivity index (χ1v) is 4.82. The summed E-state index contributed by atoms with van der Waals surface area (Å²) >= 11 is 11.7. The van der Waals surface area contributed by atoms with Gasteiger partial charge in [-0.05, 0) is 0 Å². The normalized spacial score (nSPS) is 9.31. The maximum absolute atomic E-state index is 10.5. The van der Waals surface area contributed by atoms with Gasteiger partial charge >= 0.3 is 6.09 Å². The van der Waals surface area contributed by atoms with Crippen molar-refractivity contribution in [3.05, 3.63) is 22.2 Å². The lowest BCUT2D eigenvalue weighted by Crippen LogP contribution is -2.16. The quantitative estimate of drug-likeness (QED) is 0.849. The molecule has 0 radical (unpaired) electrons. The van der Waals surface area contributed by atoms with Crippen molar-refractivity contribution >= 4 is 29.3 Å². The minimum atomic E-state index is -0.954. The predicted molar refractivity (Wildman–Crippen MR) is 61.0 cm³/mol. The molecule has 2 N–H and O–H groups in total. The Hall–Kier alpha value is -1.57. The van der Waals surface area contributed by atoms with Gasteiger partial charge in [-0.2, -0.15) is 0 Å². The van der Waals surface area contributed by atoms with Gasteiger partial charge in [0.25, 0.3) is 0 Å². The number of carbonyl (C=O) groups is 1. The van der Waals surface area contributed by atoms with E-state index < -0.39 is 6.09 Å². The van der Waals surface area contributed by atoms with Crippen molar-refractivity contribution in [2.45, 2.75) is 0 Å². The number of terminal acetylenes is 1. The van der Waals surface area contributed by atoms with Crippen molar-refractivity contribution in [2.75, 3.05) is 6.61 Å². The molecule has 6 heteroatoms. The average molecular weight is 260 g/mol. The monoisotopic (exact) mass is 259 g/mol. The van der Waals surface area contributed by atoms with Crippen molar-refractivity contribution in [3.8, 4) is 23.8 Å². The van der Waals surface area contributed by atoms with E-state index in [0.29, 0.717) is 0 Å². The molecule has 0 atom stereocenters. The lowest BCUT2D eigenvalue weighted by atomic mass is 10.3. The van der Waals surface area contributed by atoms with Gasteiger partial charge in [-0.15, -0.1) is 6.42 Å². The molecule has 1 amide bonds. The van der Waals surface area contributed by atoms with Crippen molar-refractivity contribution in [2.24, 2.45) is 5.73 Å². The molecule has 1 aromatic carbocycles. The molecule has 0 bridgehead atoms. The fourth-order valence-electron chi connectivity index (χ4n) is 0.963. The Kier molecular flexibility index (Phi) is 4.29. The van der Waals surface area contributed by atoms with Crippen molar-refractivity contribution in [1.82, 2.24) is 0 Å². The molecular formula is C10H7Cl2NO3. The van der Waals surface area contributed by atoms with Gasteiger partial charge < -0.3 is 15.2 Å². The molecule has 1 aromatic rings. The number of carbonyl (C=O) groups excluding carboxylic acids is 1. The number of ether oxygens (including phenoxy) is 2. The highest BCUT2D eigenvalue weighted by atomic mass is 35.5. The summed E-state index contributed by atoms with van der Waals surface area (Å²) in [5.74, 6) is 2.64. The summed E-state index contributed by atoms with van der Waals surface area (Å²) in [6.45, 7) is 0.0372. The average Bonchev–Trinajstić information content (AvgIpc) is 2.15. The molecule has 84 valence electrons. The number of amides is 1. The van der Waals surface area contributed by atoms with Gasteiger partial charge in [0.2, 0.25) is 0 Å². The fourth-order valence-corrected chi connectivity index (χ4v) is 1.54. The molecule has 1 rings (SSSR count). The Morgan fingerprint density at radius 1 is 1.44 bits per heavy atom. The minimum absolute atomic E-state index is 0.0372. The van der Waals surface area contributed by atoms with E-state index in [4.69, 9.17) is 40.1 Å². The largest absolute Gasteiger partial charge is 0.478 e. The van der Waals surface area contributed by atoms with Gasteiger partial charge in [0.1, 0.15) is 12.4 Å². The molecule has 0 spiro atoms. The van der Waals surface area contributed by atoms with Crippen LogP contribution in [0.4, 0.5) is 4.79 Å². The number of hydrogen-bond acceptors (Lipinski definition) is 3. The van der Waals surface area contributed by atoms with Crippen LogP contribution in [-0.4, -0.2) is 12.7 Å². The maximum atomic E-state index is 10.5. The summed E-state index contributed by atoms with van der Waals surface area (Å²) in [4.78, 5) is 10.5. The van der Waals surface area contributed by atoms with Crippen LogP contribution >= 0.6 is 23.2 Å². The van der Waals surface area contributed by atoms with Crippen LogP contribution in [-0.2, 0) is 0 Å². The number of primary amides is 1. The zero-order valence-electron chi connectivity index (χ0n) is 8.00. The molecule has 0 aliphatic rings. The Balaban J connectivity index is 2.98. The van der Waals surface area contributed by atoms with Crippen LogP contribution < -0.4 is 15.2 Å². The molecule has 0 saturated heterocycles. The summed E-state index contributed by atoms with van der Waals surface area (Å²) < 4.78 is 9.71. The first kappa shape index (κ1) is 12.5. The highest BCUT2D eigenvalue weighted by Gasteiger charge is 2.11. The third kappa shape index (κ3) is 3.23. The fraction of sp³-hybridized carbons (Fsp3) is 0.100. The number of halogens is 2. The summed E-state index contributed by atoms with van der Waals surface area (Å²) in [7, 11) is 0. The molecule has 0 aliphatic heterocycles. The zero-order valence-corrected chi connectivity index (χ0v) is 9.51. The van der Waals surface area contributed by atoms with E-state index >= 15 is 0 Å². The van der Waals surface area contributed by atoms with E-state index in [-0.39, 0.29) is 28.2 Å². The second kappa shape index (κ2) is 5.50. The predicted octanol–water partition coefficient (Wildman–Crippen LogP) is 2.46. The molecule has 16 heavy (non-hydrogen) atoms. The second-order valence-corrected chi connectivity index (χ2v) is 3.44. The van der Waals surface area contributed by atoms with Crippen molar-refractivity contribution in [3.63, 3.8) is 0 Å². The van der Waals surface area contributed by atoms with Gasteiger partial charge in [0.15, 0.2) is 5.75 Å². The molecule has 4 nitrogen and oxygen atoms in total. The van der Waals surface area contributed by atoms with Crippen molar-refractivity contribution < 1.29 is 14.3 Å². The number of benzene rings is 1. The van der Waals surface area contributed by atoms with Crippen LogP contribution in [0.25, 0.3) is 0 Å². The standard InChI is InChI=1S/C10H7Cl2NO3/c1-2-3-15-9-7(11)4-6(5-8(9)12)16-10(13)14/h1,4-5H,3H2,(H2,13,14). The minimum Gasteiger partial charge on any atom is -0.478 e. The van der Waals surface area contributed by atoms with Gasteiger partial charge in [0, 0.05) is 12.1 Å². The lowest BCUT2D eigenvalue weighted by molar-refractivity contribution is 0.211. The van der Waals surface area contributed by atoms with E-state index in [1.165, 1.54) is 12.1 Å². The third-order valence-corrected chi connectivity index (χ3v) is 2.05. The molecular weight excluding hydrogens is 253 g/mol. The molecule has 0 saturated carbocycles. The topological polar surface area (TPSA) is 61.6 Å². The van der Waals surface area contributed by atoms with Crippen molar-refractivity contribution in [1.29, 1.82) is 0 Å². The van der Waals surface area contributed by atoms with Gasteiger partial charge in [0.05, 0.1) is 10.0 Å². The molecule has 0 aliphatic carbocycles. The Labute approximate surface area is 102 Å². The maximum Gasteiger partial charge on any atom is 0.409 e.